The molecule has 11 heavy (non-hydrogen) atoms. The van der Waals surface area contributed by atoms with Crippen molar-refractivity contribution >= 4 is 0 Å². The Hall–Kier alpha value is -0.0800. The molecule has 66 valence electrons. The third kappa shape index (κ3) is 2.80. The lowest BCUT2D eigenvalue weighted by atomic mass is 9.78. The van der Waals surface area contributed by atoms with Gasteiger partial charge in [-0.25, -0.2) is 0 Å². The summed E-state index contributed by atoms with van der Waals surface area (Å²) in [5, 5.41) is 9.64. The van der Waals surface area contributed by atoms with E-state index in [0.717, 1.165) is 19.3 Å². The van der Waals surface area contributed by atoms with Crippen LogP contribution in [-0.4, -0.2) is 23.4 Å². The highest BCUT2D eigenvalue weighted by Crippen LogP contribution is 2.34. The molecule has 0 heterocycles. The first-order valence-electron chi connectivity index (χ1n) is 4.46. The van der Waals surface area contributed by atoms with Gasteiger partial charge in [0.25, 0.3) is 0 Å². The molecule has 0 aromatic carbocycles. The average Bonchev–Trinajstić information content (AvgIpc) is 1.83. The number of hydrogen-bond acceptors (Lipinski definition) is 2. The van der Waals surface area contributed by atoms with Crippen LogP contribution in [0.2, 0.25) is 0 Å². The molecule has 1 rings (SSSR count). The minimum absolute atomic E-state index is 0.290. The van der Waals surface area contributed by atoms with Gasteiger partial charge in [-0.1, -0.05) is 0 Å². The molecule has 1 saturated carbocycles. The van der Waals surface area contributed by atoms with Crippen LogP contribution < -0.4 is 0 Å². The summed E-state index contributed by atoms with van der Waals surface area (Å²) in [6.07, 6.45) is 4.21. The highest BCUT2D eigenvalue weighted by atomic mass is 16.5. The Morgan fingerprint density at radius 2 is 2.09 bits per heavy atom. The van der Waals surface area contributed by atoms with Gasteiger partial charge in [0.1, 0.15) is 0 Å². The summed E-state index contributed by atoms with van der Waals surface area (Å²) in [7, 11) is 0. The molecule has 1 aliphatic rings. The van der Waals surface area contributed by atoms with E-state index in [1.807, 2.05) is 13.8 Å². The Balaban J connectivity index is 2.02. The van der Waals surface area contributed by atoms with Crippen LogP contribution in [0.25, 0.3) is 0 Å². The maximum Gasteiger partial charge on any atom is 0.0669 e. The summed E-state index contributed by atoms with van der Waals surface area (Å²) < 4.78 is 5.35. The second kappa shape index (κ2) is 3.55. The summed E-state index contributed by atoms with van der Waals surface area (Å²) in [6.45, 7) is 4.74. The molecule has 0 atom stereocenters. The summed E-state index contributed by atoms with van der Waals surface area (Å²) in [5.74, 6) is 0. The Morgan fingerprint density at radius 1 is 1.45 bits per heavy atom. The summed E-state index contributed by atoms with van der Waals surface area (Å²) in [5.41, 5.74) is -0.366. The SMILES string of the molecule is CC(C)OCCC1(O)CCC1. The van der Waals surface area contributed by atoms with E-state index >= 15 is 0 Å². The van der Waals surface area contributed by atoms with Crippen molar-refractivity contribution in [2.45, 2.75) is 51.2 Å². The van der Waals surface area contributed by atoms with Gasteiger partial charge in [0.2, 0.25) is 0 Å². The maximum atomic E-state index is 9.64. The molecule has 0 aromatic heterocycles. The second-order valence-electron chi connectivity index (χ2n) is 3.75. The molecule has 0 aliphatic heterocycles. The van der Waals surface area contributed by atoms with Crippen molar-refractivity contribution in [2.75, 3.05) is 6.61 Å². The molecule has 0 amide bonds. The van der Waals surface area contributed by atoms with Crippen molar-refractivity contribution < 1.29 is 9.84 Å². The summed E-state index contributed by atoms with van der Waals surface area (Å²) >= 11 is 0. The van der Waals surface area contributed by atoms with E-state index < -0.39 is 0 Å². The molecule has 2 nitrogen and oxygen atoms in total. The minimum Gasteiger partial charge on any atom is -0.390 e. The number of ether oxygens (including phenoxy) is 1. The van der Waals surface area contributed by atoms with Gasteiger partial charge in [0.05, 0.1) is 11.7 Å². The lowest BCUT2D eigenvalue weighted by molar-refractivity contribution is -0.0646. The van der Waals surface area contributed by atoms with Crippen molar-refractivity contribution in [3.05, 3.63) is 0 Å². The third-order valence-electron chi connectivity index (χ3n) is 2.30. The molecule has 0 saturated heterocycles. The summed E-state index contributed by atoms with van der Waals surface area (Å²) in [4.78, 5) is 0. The molecule has 0 bridgehead atoms. The lowest BCUT2D eigenvalue weighted by Gasteiger charge is -2.36. The van der Waals surface area contributed by atoms with Gasteiger partial charge < -0.3 is 9.84 Å². The quantitative estimate of drug-likeness (QED) is 0.675. The predicted octanol–water partition coefficient (Wildman–Crippen LogP) is 1.72. The molecule has 0 aromatic rings. The molecular formula is C9H18O2. The van der Waals surface area contributed by atoms with Gasteiger partial charge in [0, 0.05) is 6.61 Å². The van der Waals surface area contributed by atoms with Crippen LogP contribution >= 0.6 is 0 Å². The van der Waals surface area contributed by atoms with Crippen molar-refractivity contribution in [3.63, 3.8) is 0 Å². The highest BCUT2D eigenvalue weighted by Gasteiger charge is 2.33. The largest absolute Gasteiger partial charge is 0.390 e. The monoisotopic (exact) mass is 158 g/mol. The molecule has 1 aliphatic carbocycles. The van der Waals surface area contributed by atoms with E-state index in [4.69, 9.17) is 4.74 Å². The molecule has 0 unspecified atom stereocenters. The van der Waals surface area contributed by atoms with Crippen LogP contribution in [0.15, 0.2) is 0 Å². The van der Waals surface area contributed by atoms with Crippen LogP contribution in [0.5, 0.6) is 0 Å². The molecule has 1 N–H and O–H groups in total. The fraction of sp³-hybridized carbons (Fsp3) is 1.00. The van der Waals surface area contributed by atoms with Crippen LogP contribution in [0.1, 0.15) is 39.5 Å². The zero-order valence-electron chi connectivity index (χ0n) is 7.47. The number of aliphatic hydroxyl groups is 1. The van der Waals surface area contributed by atoms with Gasteiger partial charge in [-0.15, -0.1) is 0 Å². The van der Waals surface area contributed by atoms with Crippen LogP contribution in [0.4, 0.5) is 0 Å². The van der Waals surface area contributed by atoms with Gasteiger partial charge >= 0.3 is 0 Å². The number of rotatable bonds is 4. The minimum atomic E-state index is -0.366. The first kappa shape index (κ1) is 9.01. The maximum absolute atomic E-state index is 9.64. The Morgan fingerprint density at radius 3 is 2.45 bits per heavy atom. The van der Waals surface area contributed by atoms with Crippen LogP contribution in [-0.2, 0) is 4.74 Å². The van der Waals surface area contributed by atoms with Crippen molar-refractivity contribution in [2.24, 2.45) is 0 Å². The Labute approximate surface area is 68.6 Å². The summed E-state index contributed by atoms with van der Waals surface area (Å²) in [6, 6.07) is 0. The molecule has 0 radical (unpaired) electrons. The second-order valence-corrected chi connectivity index (χ2v) is 3.75. The van der Waals surface area contributed by atoms with Crippen molar-refractivity contribution in [3.8, 4) is 0 Å². The molecule has 0 spiro atoms. The van der Waals surface area contributed by atoms with Gasteiger partial charge in [-0.3, -0.25) is 0 Å². The predicted molar refractivity (Wildman–Crippen MR) is 44.5 cm³/mol. The van der Waals surface area contributed by atoms with E-state index in [-0.39, 0.29) is 5.60 Å². The molecule has 2 heteroatoms. The molecule has 1 fully saturated rings. The first-order valence-corrected chi connectivity index (χ1v) is 4.46. The van der Waals surface area contributed by atoms with E-state index in [2.05, 4.69) is 0 Å². The highest BCUT2D eigenvalue weighted by molar-refractivity contribution is 4.86. The molecular weight excluding hydrogens is 140 g/mol. The Bertz CT molecular complexity index is 117. The van der Waals surface area contributed by atoms with E-state index in [9.17, 15) is 5.11 Å². The topological polar surface area (TPSA) is 29.5 Å². The van der Waals surface area contributed by atoms with Gasteiger partial charge in [-0.2, -0.15) is 0 Å². The normalized spacial score (nSPS) is 21.8. The standard InChI is InChI=1S/C9H18O2/c1-8(2)11-7-6-9(10)4-3-5-9/h8,10H,3-7H2,1-2H3. The van der Waals surface area contributed by atoms with E-state index in [0.29, 0.717) is 12.7 Å². The zero-order valence-corrected chi connectivity index (χ0v) is 7.47. The fourth-order valence-electron chi connectivity index (χ4n) is 1.32. The third-order valence-corrected chi connectivity index (χ3v) is 2.30. The average molecular weight is 158 g/mol. The van der Waals surface area contributed by atoms with Crippen molar-refractivity contribution in [1.82, 2.24) is 0 Å². The van der Waals surface area contributed by atoms with E-state index in [1.165, 1.54) is 6.42 Å². The smallest absolute Gasteiger partial charge is 0.0669 e. The van der Waals surface area contributed by atoms with Crippen LogP contribution in [0, 0.1) is 0 Å². The van der Waals surface area contributed by atoms with Gasteiger partial charge in [0.15, 0.2) is 0 Å². The number of hydrogen-bond donors (Lipinski definition) is 1. The lowest BCUT2D eigenvalue weighted by Crippen LogP contribution is -2.38. The van der Waals surface area contributed by atoms with E-state index in [1.54, 1.807) is 0 Å². The fourth-order valence-corrected chi connectivity index (χ4v) is 1.32. The first-order chi connectivity index (χ1) is 5.12. The van der Waals surface area contributed by atoms with Crippen molar-refractivity contribution in [1.29, 1.82) is 0 Å². The Kier molecular flexibility index (Phi) is 2.90. The van der Waals surface area contributed by atoms with Gasteiger partial charge in [-0.05, 0) is 39.5 Å². The van der Waals surface area contributed by atoms with Crippen LogP contribution in [0.3, 0.4) is 0 Å². The zero-order chi connectivity index (χ0) is 8.32.